The number of aliphatic hydroxyl groups is 1. The summed E-state index contributed by atoms with van der Waals surface area (Å²) in [6.07, 6.45) is 7.80. The van der Waals surface area contributed by atoms with Crippen molar-refractivity contribution in [2.45, 2.75) is 70.1 Å². The molecule has 2 atom stereocenters. The van der Waals surface area contributed by atoms with Gasteiger partial charge < -0.3 is 25.4 Å². The number of rotatable bonds is 20. The van der Waals surface area contributed by atoms with Crippen LogP contribution in [0.1, 0.15) is 63.5 Å². The van der Waals surface area contributed by atoms with Crippen LogP contribution in [0.25, 0.3) is 6.08 Å². The van der Waals surface area contributed by atoms with Gasteiger partial charge in [-0.3, -0.25) is 14.4 Å². The highest BCUT2D eigenvalue weighted by molar-refractivity contribution is 8.00. The lowest BCUT2D eigenvalue weighted by atomic mass is 9.95. The summed E-state index contributed by atoms with van der Waals surface area (Å²) in [4.78, 5) is 34.2. The third kappa shape index (κ3) is 14.2. The number of aryl methyl sites for hydroxylation is 1. The number of carboxylic acids is 2. The summed E-state index contributed by atoms with van der Waals surface area (Å²) in [6.45, 7) is 3.71. The van der Waals surface area contributed by atoms with E-state index in [2.05, 4.69) is 17.4 Å². The molecule has 2 aromatic rings. The number of amides is 1. The minimum Gasteiger partial charge on any atom is -0.494 e. The summed E-state index contributed by atoms with van der Waals surface area (Å²) in [5, 5.41) is 30.7. The van der Waals surface area contributed by atoms with Crippen LogP contribution >= 0.6 is 11.8 Å². The predicted octanol–water partition coefficient (Wildman–Crippen LogP) is 5.44. The molecule has 2 aromatic carbocycles. The average Bonchev–Trinajstić information content (AvgIpc) is 2.94. The van der Waals surface area contributed by atoms with Crippen molar-refractivity contribution in [2.75, 3.05) is 18.9 Å². The normalized spacial score (nSPS) is 13.0. The molecule has 0 saturated heterocycles. The van der Waals surface area contributed by atoms with Crippen molar-refractivity contribution < 1.29 is 34.4 Å². The fourth-order valence-corrected chi connectivity index (χ4v) is 5.29. The molecule has 0 aliphatic heterocycles. The maximum atomic E-state index is 12.5. The van der Waals surface area contributed by atoms with Crippen molar-refractivity contribution in [2.24, 2.45) is 5.41 Å². The van der Waals surface area contributed by atoms with E-state index in [1.165, 1.54) is 17.3 Å². The van der Waals surface area contributed by atoms with Crippen LogP contribution in [-0.4, -0.2) is 63.4 Å². The lowest BCUT2D eigenvalue weighted by molar-refractivity contribution is -0.139. The van der Waals surface area contributed by atoms with E-state index in [4.69, 9.17) is 14.9 Å². The van der Waals surface area contributed by atoms with Gasteiger partial charge in [0.05, 0.1) is 18.1 Å². The monoisotopic (exact) mass is 585 g/mol. The first-order valence-corrected chi connectivity index (χ1v) is 15.1. The Balaban J connectivity index is 1.89. The molecule has 8 nitrogen and oxygen atoms in total. The van der Waals surface area contributed by atoms with Crippen LogP contribution in [0.2, 0.25) is 0 Å². The topological polar surface area (TPSA) is 133 Å². The quantitative estimate of drug-likeness (QED) is 0.151. The molecule has 2 rings (SSSR count). The zero-order valence-electron chi connectivity index (χ0n) is 24.0. The number of unbranched alkanes of at least 4 members (excludes halogenated alkanes) is 2. The first kappa shape index (κ1) is 33.9. The fraction of sp³-hybridized carbons (Fsp3) is 0.469. The molecule has 0 aliphatic rings. The molecule has 0 spiro atoms. The van der Waals surface area contributed by atoms with E-state index in [-0.39, 0.29) is 17.6 Å². The molecule has 9 heteroatoms. The van der Waals surface area contributed by atoms with Gasteiger partial charge in [-0.2, -0.15) is 11.8 Å². The van der Waals surface area contributed by atoms with Crippen LogP contribution in [0.15, 0.2) is 60.7 Å². The van der Waals surface area contributed by atoms with Gasteiger partial charge in [-0.1, -0.05) is 68.5 Å². The number of aliphatic hydroxyl groups excluding tert-OH is 1. The number of carbonyl (C=O) groups excluding carboxylic acids is 1. The molecule has 1 amide bonds. The molecular weight excluding hydrogens is 542 g/mol. The molecule has 224 valence electrons. The Morgan fingerprint density at radius 2 is 1.66 bits per heavy atom. The Kier molecular flexibility index (Phi) is 15.0. The highest BCUT2D eigenvalue weighted by Gasteiger charge is 2.30. The molecule has 0 fully saturated rings. The van der Waals surface area contributed by atoms with Gasteiger partial charge in [-0.15, -0.1) is 0 Å². The van der Waals surface area contributed by atoms with E-state index in [1.54, 1.807) is 13.8 Å². The van der Waals surface area contributed by atoms with Gasteiger partial charge in [0.25, 0.3) is 0 Å². The van der Waals surface area contributed by atoms with Crippen molar-refractivity contribution in [1.82, 2.24) is 5.32 Å². The molecule has 4 N–H and O–H groups in total. The fourth-order valence-electron chi connectivity index (χ4n) is 4.00. The second-order valence-electron chi connectivity index (χ2n) is 10.7. The van der Waals surface area contributed by atoms with E-state index < -0.39 is 30.0 Å². The van der Waals surface area contributed by atoms with Gasteiger partial charge in [0.15, 0.2) is 0 Å². The number of hydrogen-bond acceptors (Lipinski definition) is 6. The van der Waals surface area contributed by atoms with Gasteiger partial charge >= 0.3 is 11.9 Å². The third-order valence-corrected chi connectivity index (χ3v) is 8.25. The minimum absolute atomic E-state index is 0.0250. The molecule has 0 saturated carbocycles. The standard InChI is InChI=1S/C32H43NO7S/c1-32(2,31(39)33-22-30(37)38)23-41-28(27(34)13-9-14-29(35)36)20-19-25-17-15-24(16-18-25)10-5-4-8-21-40-26-11-6-3-7-12-26/h3,6-7,11-12,15-20,27-28,34H,4-5,8-10,13-14,21-23H2,1-2H3,(H,33,39)(H,35,36)(H,37,38)/b20-19-. The van der Waals surface area contributed by atoms with Crippen LogP contribution in [0.3, 0.4) is 0 Å². The van der Waals surface area contributed by atoms with Gasteiger partial charge in [0.2, 0.25) is 5.91 Å². The second-order valence-corrected chi connectivity index (χ2v) is 11.8. The van der Waals surface area contributed by atoms with Crippen molar-refractivity contribution in [3.63, 3.8) is 0 Å². The Labute approximate surface area is 247 Å². The van der Waals surface area contributed by atoms with Crippen molar-refractivity contribution >= 4 is 35.7 Å². The third-order valence-electron chi connectivity index (χ3n) is 6.50. The smallest absolute Gasteiger partial charge is 0.322 e. The minimum atomic E-state index is -1.11. The van der Waals surface area contributed by atoms with Crippen LogP contribution in [0, 0.1) is 5.41 Å². The van der Waals surface area contributed by atoms with Crippen LogP contribution < -0.4 is 10.1 Å². The van der Waals surface area contributed by atoms with Gasteiger partial charge in [0, 0.05) is 17.4 Å². The number of thioether (sulfide) groups is 1. The van der Waals surface area contributed by atoms with Gasteiger partial charge in [-0.25, -0.2) is 0 Å². The Morgan fingerprint density at radius 1 is 0.951 bits per heavy atom. The highest BCUT2D eigenvalue weighted by Crippen LogP contribution is 2.29. The molecule has 41 heavy (non-hydrogen) atoms. The van der Waals surface area contributed by atoms with Gasteiger partial charge in [0.1, 0.15) is 12.3 Å². The summed E-state index contributed by atoms with van der Waals surface area (Å²) in [7, 11) is 0. The Morgan fingerprint density at radius 3 is 2.32 bits per heavy atom. The molecule has 0 aliphatic carbocycles. The first-order valence-electron chi connectivity index (χ1n) is 14.0. The zero-order chi connectivity index (χ0) is 30.1. The number of aliphatic carboxylic acids is 2. The summed E-state index contributed by atoms with van der Waals surface area (Å²) < 4.78 is 5.74. The largest absolute Gasteiger partial charge is 0.494 e. The van der Waals surface area contributed by atoms with Crippen molar-refractivity contribution in [3.05, 3.63) is 71.8 Å². The number of para-hydroxylation sites is 1. The van der Waals surface area contributed by atoms with Crippen LogP contribution in [0.4, 0.5) is 0 Å². The van der Waals surface area contributed by atoms with E-state index in [0.29, 0.717) is 25.2 Å². The van der Waals surface area contributed by atoms with Crippen LogP contribution in [0.5, 0.6) is 5.75 Å². The van der Waals surface area contributed by atoms with Crippen LogP contribution in [-0.2, 0) is 20.8 Å². The van der Waals surface area contributed by atoms with Crippen molar-refractivity contribution in [1.29, 1.82) is 0 Å². The number of benzene rings is 2. The second kappa shape index (κ2) is 18.2. The average molecular weight is 586 g/mol. The van der Waals surface area contributed by atoms with E-state index in [1.807, 2.05) is 54.6 Å². The Bertz CT molecular complexity index is 1100. The van der Waals surface area contributed by atoms with E-state index in [0.717, 1.165) is 37.0 Å². The molecule has 0 aromatic heterocycles. The van der Waals surface area contributed by atoms with Gasteiger partial charge in [-0.05, 0) is 61.8 Å². The Hall–Kier alpha value is -3.30. The molecule has 2 unspecified atom stereocenters. The zero-order valence-corrected chi connectivity index (χ0v) is 24.8. The molecular formula is C32H43NO7S. The lowest BCUT2D eigenvalue weighted by Gasteiger charge is -2.26. The van der Waals surface area contributed by atoms with Crippen molar-refractivity contribution in [3.8, 4) is 5.75 Å². The highest BCUT2D eigenvalue weighted by atomic mass is 32.2. The number of nitrogens with one attached hydrogen (secondary N) is 1. The summed E-state index contributed by atoms with van der Waals surface area (Å²) in [5.74, 6) is -1.16. The number of carboxylic acid groups (broad SMARTS) is 2. The summed E-state index contributed by atoms with van der Waals surface area (Å²) in [6, 6.07) is 18.1. The van der Waals surface area contributed by atoms with E-state index in [9.17, 15) is 19.5 Å². The predicted molar refractivity (Wildman–Crippen MR) is 163 cm³/mol. The molecule has 0 heterocycles. The molecule has 0 bridgehead atoms. The maximum absolute atomic E-state index is 12.5. The number of carbonyl (C=O) groups is 3. The summed E-state index contributed by atoms with van der Waals surface area (Å²) in [5.41, 5.74) is 1.37. The SMILES string of the molecule is CC(C)(CSC(/C=C\c1ccc(CCCCCOc2ccccc2)cc1)C(O)CCCC(=O)O)C(=O)NCC(=O)O. The first-order chi connectivity index (χ1) is 19.6. The maximum Gasteiger partial charge on any atom is 0.322 e. The lowest BCUT2D eigenvalue weighted by Crippen LogP contribution is -2.41. The van der Waals surface area contributed by atoms with E-state index >= 15 is 0 Å². The summed E-state index contributed by atoms with van der Waals surface area (Å²) >= 11 is 1.39. The molecule has 0 radical (unpaired) electrons. The number of ether oxygens (including phenoxy) is 1. The number of hydrogen-bond donors (Lipinski definition) is 4.